The second-order valence-corrected chi connectivity index (χ2v) is 14.5. The number of carbonyl (C=O) groups excluding carboxylic acids is 6. The molecule has 0 aliphatic heterocycles. The van der Waals surface area contributed by atoms with E-state index in [1.807, 2.05) is 0 Å². The monoisotopic (exact) mass is 734 g/mol. The second kappa shape index (κ2) is 20.2. The highest BCUT2D eigenvalue weighted by Gasteiger charge is 2.34. The molecule has 0 aliphatic rings. The molecule has 50 heavy (non-hydrogen) atoms. The van der Waals surface area contributed by atoms with E-state index in [1.165, 1.54) is 0 Å². The zero-order valence-electron chi connectivity index (χ0n) is 28.6. The van der Waals surface area contributed by atoms with Crippen LogP contribution < -0.4 is 10.6 Å². The summed E-state index contributed by atoms with van der Waals surface area (Å²) in [5, 5.41) is 5.23. The Morgan fingerprint density at radius 2 is 1.30 bits per heavy atom. The van der Waals surface area contributed by atoms with Crippen molar-refractivity contribution in [2.45, 2.75) is 58.2 Å². The zero-order chi connectivity index (χ0) is 37.4. The summed E-state index contributed by atoms with van der Waals surface area (Å²) in [6.07, 6.45) is 0.0831. The molecule has 272 valence electrons. The Morgan fingerprint density at radius 3 is 1.84 bits per heavy atom. The van der Waals surface area contributed by atoms with Crippen molar-refractivity contribution in [3.63, 3.8) is 0 Å². The van der Waals surface area contributed by atoms with Crippen LogP contribution in [0.15, 0.2) is 71.1 Å². The summed E-state index contributed by atoms with van der Waals surface area (Å²) in [5.41, 5.74) is 1.10. The molecular formula is C35H43ClN2O11S. The van der Waals surface area contributed by atoms with Gasteiger partial charge in [0, 0.05) is 18.6 Å². The van der Waals surface area contributed by atoms with Gasteiger partial charge in [-0.2, -0.15) is 0 Å². The fourth-order valence-corrected chi connectivity index (χ4v) is 5.31. The predicted octanol–water partition coefficient (Wildman–Crippen LogP) is 3.56. The molecule has 2 rings (SSSR count). The van der Waals surface area contributed by atoms with E-state index in [9.17, 15) is 37.2 Å². The number of Topliss-reactive ketones (excluding diaryl/α,β-unsaturated/α-hetero) is 1. The van der Waals surface area contributed by atoms with E-state index in [1.54, 1.807) is 74.5 Å². The maximum atomic E-state index is 13.9. The molecule has 0 spiro atoms. The zero-order valence-corrected chi connectivity index (χ0v) is 30.1. The molecule has 0 bridgehead atoms. The van der Waals surface area contributed by atoms with Crippen molar-refractivity contribution < 1.29 is 51.4 Å². The van der Waals surface area contributed by atoms with E-state index < -0.39 is 105 Å². The second-order valence-electron chi connectivity index (χ2n) is 11.8. The van der Waals surface area contributed by atoms with Crippen LogP contribution in [0.5, 0.6) is 0 Å². The first-order valence-electron chi connectivity index (χ1n) is 15.6. The molecule has 0 heterocycles. The summed E-state index contributed by atoms with van der Waals surface area (Å²) in [7, 11) is -1.59. The van der Waals surface area contributed by atoms with Crippen LogP contribution in [-0.4, -0.2) is 70.4 Å². The van der Waals surface area contributed by atoms with Crippen LogP contribution >= 0.6 is 11.6 Å². The Balaban J connectivity index is 2.33. The molecule has 4 atom stereocenters. The number of sulfone groups is 1. The number of benzene rings is 2. The number of hydrogen-bond acceptors (Lipinski definition) is 11. The van der Waals surface area contributed by atoms with Crippen molar-refractivity contribution in [2.75, 3.05) is 20.5 Å². The van der Waals surface area contributed by atoms with Crippen LogP contribution in [0.3, 0.4) is 0 Å². The Labute approximate surface area is 297 Å². The first-order chi connectivity index (χ1) is 23.5. The Bertz CT molecular complexity index is 1630. The summed E-state index contributed by atoms with van der Waals surface area (Å²) in [5.74, 6) is -7.00. The lowest BCUT2D eigenvalue weighted by Gasteiger charge is -2.26. The van der Waals surface area contributed by atoms with Crippen LogP contribution in [0.1, 0.15) is 56.7 Å². The van der Waals surface area contributed by atoms with Gasteiger partial charge in [-0.05, 0) is 23.1 Å². The van der Waals surface area contributed by atoms with Crippen molar-refractivity contribution in [1.29, 1.82) is 0 Å². The minimum atomic E-state index is -3.85. The summed E-state index contributed by atoms with van der Waals surface area (Å²) in [6, 6.07) is 14.6. The van der Waals surface area contributed by atoms with E-state index in [-0.39, 0.29) is 6.61 Å². The van der Waals surface area contributed by atoms with E-state index >= 15 is 0 Å². The fraction of sp³-hybridized carbons (Fsp3) is 0.429. The lowest BCUT2D eigenvalue weighted by molar-refractivity contribution is -0.151. The molecule has 0 aromatic heterocycles. The lowest BCUT2D eigenvalue weighted by atomic mass is 9.86. The Hall–Kier alpha value is -4.56. The third-order valence-electron chi connectivity index (χ3n) is 7.60. The SMILES string of the molecule is COC(=O)C[C@H](CC(=O)OCc1ccccc1)C(=O)N[C@H](C(=O)C[C@H](C(=O)N[C@H](/C=C(\Cl)S(C)(=O)=O)CC(=O)OC)C(C)C)c1ccccc1. The van der Waals surface area contributed by atoms with Crippen LogP contribution in [0.25, 0.3) is 0 Å². The van der Waals surface area contributed by atoms with Gasteiger partial charge in [0.1, 0.15) is 17.0 Å². The van der Waals surface area contributed by atoms with Crippen molar-refractivity contribution in [3.05, 3.63) is 82.2 Å². The molecule has 0 radical (unpaired) electrons. The Kier molecular flexibility index (Phi) is 16.8. The molecule has 2 N–H and O–H groups in total. The maximum absolute atomic E-state index is 13.9. The quantitative estimate of drug-likeness (QED) is 0.159. The number of nitrogens with one attached hydrogen (secondary N) is 2. The molecular weight excluding hydrogens is 692 g/mol. The number of hydrogen-bond donors (Lipinski definition) is 2. The number of carbonyl (C=O) groups is 6. The van der Waals surface area contributed by atoms with Gasteiger partial charge in [0.15, 0.2) is 15.6 Å². The number of ether oxygens (including phenoxy) is 3. The van der Waals surface area contributed by atoms with Gasteiger partial charge in [0.05, 0.1) is 45.4 Å². The van der Waals surface area contributed by atoms with Crippen molar-refractivity contribution >= 4 is 56.9 Å². The van der Waals surface area contributed by atoms with Gasteiger partial charge < -0.3 is 24.8 Å². The smallest absolute Gasteiger partial charge is 0.307 e. The highest BCUT2D eigenvalue weighted by atomic mass is 35.5. The molecule has 2 aromatic rings. The first kappa shape index (κ1) is 41.6. The topological polar surface area (TPSA) is 188 Å². The van der Waals surface area contributed by atoms with Gasteiger partial charge in [-0.25, -0.2) is 8.42 Å². The minimum absolute atomic E-state index is 0.0489. The van der Waals surface area contributed by atoms with Gasteiger partial charge in [-0.1, -0.05) is 86.1 Å². The molecule has 13 nitrogen and oxygen atoms in total. The fourth-order valence-electron chi connectivity index (χ4n) is 4.75. The van der Waals surface area contributed by atoms with E-state index in [0.717, 1.165) is 32.1 Å². The molecule has 0 saturated carbocycles. The average molecular weight is 735 g/mol. The maximum Gasteiger partial charge on any atom is 0.307 e. The normalized spacial score (nSPS) is 14.0. The average Bonchev–Trinajstić information content (AvgIpc) is 3.07. The summed E-state index contributed by atoms with van der Waals surface area (Å²) < 4.78 is 37.9. The third kappa shape index (κ3) is 14.1. The number of rotatable bonds is 19. The van der Waals surface area contributed by atoms with Crippen molar-refractivity contribution in [3.8, 4) is 0 Å². The number of methoxy groups -OCH3 is 2. The number of ketones is 1. The minimum Gasteiger partial charge on any atom is -0.469 e. The highest BCUT2D eigenvalue weighted by molar-refractivity contribution is 7.96. The highest BCUT2D eigenvalue weighted by Crippen LogP contribution is 2.25. The van der Waals surface area contributed by atoms with Gasteiger partial charge in [0.25, 0.3) is 0 Å². The standard InChI is InChI=1S/C35H43ClN2O11S/c1-22(2)27(35(44)37-26(19-31(41)48-4)18-29(36)50(5,45)46)20-28(39)33(24-14-10-7-11-15-24)38-34(43)25(16-30(40)47-3)17-32(42)49-21-23-12-8-6-9-13-23/h6-15,18,22,25-27,33H,16-17,19-21H2,1-5H3,(H,37,44)(H,38,43)/b29-18+/t25-,26-,27+,33+/m1/s1. The molecule has 2 aromatic carbocycles. The molecule has 15 heteroatoms. The molecule has 0 saturated heterocycles. The summed E-state index contributed by atoms with van der Waals surface area (Å²) in [4.78, 5) is 78.1. The van der Waals surface area contributed by atoms with Crippen molar-refractivity contribution in [1.82, 2.24) is 10.6 Å². The molecule has 0 fully saturated rings. The summed E-state index contributed by atoms with van der Waals surface area (Å²) in [6.45, 7) is 3.33. The van der Waals surface area contributed by atoms with Crippen LogP contribution in [0.2, 0.25) is 0 Å². The summed E-state index contributed by atoms with van der Waals surface area (Å²) >= 11 is 5.91. The van der Waals surface area contributed by atoms with E-state index in [0.29, 0.717) is 5.56 Å². The van der Waals surface area contributed by atoms with Crippen LogP contribution in [0, 0.1) is 17.8 Å². The van der Waals surface area contributed by atoms with Crippen LogP contribution in [-0.2, 0) is 59.4 Å². The largest absolute Gasteiger partial charge is 0.469 e. The van der Waals surface area contributed by atoms with Crippen LogP contribution in [0.4, 0.5) is 0 Å². The number of esters is 3. The molecule has 0 unspecified atom stereocenters. The van der Waals surface area contributed by atoms with E-state index in [4.69, 9.17) is 21.1 Å². The van der Waals surface area contributed by atoms with Gasteiger partial charge in [-0.15, -0.1) is 0 Å². The van der Waals surface area contributed by atoms with Gasteiger partial charge in [0.2, 0.25) is 11.8 Å². The molecule has 2 amide bonds. The van der Waals surface area contributed by atoms with Crippen molar-refractivity contribution in [2.24, 2.45) is 17.8 Å². The first-order valence-corrected chi connectivity index (χ1v) is 17.9. The number of amides is 2. The lowest BCUT2D eigenvalue weighted by Crippen LogP contribution is -2.44. The Morgan fingerprint density at radius 1 is 0.760 bits per heavy atom. The van der Waals surface area contributed by atoms with E-state index in [2.05, 4.69) is 15.4 Å². The predicted molar refractivity (Wildman–Crippen MR) is 184 cm³/mol. The third-order valence-corrected chi connectivity index (χ3v) is 9.41. The molecule has 0 aliphatic carbocycles. The van der Waals surface area contributed by atoms with Gasteiger partial charge in [-0.3, -0.25) is 28.8 Å². The van der Waals surface area contributed by atoms with Gasteiger partial charge >= 0.3 is 17.9 Å². The number of halogens is 1.